The molecule has 4 heterocycles. The number of rotatable bonds is 5. The van der Waals surface area contributed by atoms with Gasteiger partial charge in [-0.15, -0.1) is 10.0 Å². The normalized spacial score (nSPS) is 12.5. The monoisotopic (exact) mass is 909 g/mol. The van der Waals surface area contributed by atoms with Gasteiger partial charge in [0.15, 0.2) is 0 Å². The molecule has 15 rings (SSSR count). The number of hydrogen-bond donors (Lipinski definition) is 0. The molecule has 0 saturated heterocycles. The number of nitrogens with zero attached hydrogens (tertiary/aromatic N) is 3. The van der Waals surface area contributed by atoms with Crippen LogP contribution in [0.4, 0.5) is 0 Å². The SMILES string of the molecule is c1ccc(S(c2ccccc2)(c2ccccc2)c2ccc3c(c2)c2cccc4c5ccccc5n5c6ccc(-n7c8ccccc8c8ccccc87)cc6c6cccc(c7ccccc7n3c42)c65)cc1. The van der Waals surface area contributed by atoms with Gasteiger partial charge < -0.3 is 13.4 Å². The van der Waals surface area contributed by atoms with Crippen molar-refractivity contribution in [2.24, 2.45) is 0 Å². The summed E-state index contributed by atoms with van der Waals surface area (Å²) in [6, 6.07) is 97.5. The van der Waals surface area contributed by atoms with E-state index in [1.165, 1.54) is 107 Å². The maximum Gasteiger partial charge on any atom is 0.0620 e. The molecule has 0 radical (unpaired) electrons. The molecule has 0 amide bonds. The van der Waals surface area contributed by atoms with Gasteiger partial charge in [0.2, 0.25) is 0 Å². The number of fused-ring (bicyclic) bond motifs is 15. The second-order valence-corrected chi connectivity index (χ2v) is 21.5. The number of benzene rings is 11. The third-order valence-electron chi connectivity index (χ3n) is 14.9. The van der Waals surface area contributed by atoms with Crippen LogP contribution in [0.2, 0.25) is 0 Å². The van der Waals surface area contributed by atoms with Gasteiger partial charge in [0.1, 0.15) is 0 Å². The van der Waals surface area contributed by atoms with Crippen molar-refractivity contribution in [3.05, 3.63) is 261 Å². The van der Waals surface area contributed by atoms with Gasteiger partial charge in [0, 0.05) is 79.1 Å². The van der Waals surface area contributed by atoms with Crippen LogP contribution in [0.15, 0.2) is 280 Å². The van der Waals surface area contributed by atoms with Crippen LogP contribution in [-0.2, 0) is 0 Å². The second-order valence-electron chi connectivity index (χ2n) is 18.4. The van der Waals surface area contributed by atoms with Crippen molar-refractivity contribution in [3.8, 4) is 5.69 Å². The quantitative estimate of drug-likeness (QED) is 0.163. The summed E-state index contributed by atoms with van der Waals surface area (Å²) in [6.45, 7) is 0. The molecular formula is C66H43N3S. The van der Waals surface area contributed by atoms with Crippen LogP contribution in [0.1, 0.15) is 0 Å². The molecule has 0 unspecified atom stereocenters. The zero-order valence-electron chi connectivity index (χ0n) is 38.1. The van der Waals surface area contributed by atoms with E-state index in [2.05, 4.69) is 274 Å². The minimum atomic E-state index is -1.93. The summed E-state index contributed by atoms with van der Waals surface area (Å²) in [4.78, 5) is 5.24. The smallest absolute Gasteiger partial charge is 0.0620 e. The summed E-state index contributed by atoms with van der Waals surface area (Å²) in [6.07, 6.45) is 0. The third kappa shape index (κ3) is 5.37. The van der Waals surface area contributed by atoms with Gasteiger partial charge in [0.25, 0.3) is 0 Å². The minimum absolute atomic E-state index is 1.15. The zero-order valence-corrected chi connectivity index (χ0v) is 38.9. The molecule has 70 heavy (non-hydrogen) atoms. The predicted molar refractivity (Wildman–Crippen MR) is 297 cm³/mol. The fraction of sp³-hybridized carbons (Fsp3) is 0. The van der Waals surface area contributed by atoms with Crippen molar-refractivity contribution < 1.29 is 0 Å². The van der Waals surface area contributed by atoms with E-state index in [9.17, 15) is 0 Å². The first-order valence-electron chi connectivity index (χ1n) is 24.1. The van der Waals surface area contributed by atoms with E-state index in [0.29, 0.717) is 0 Å². The third-order valence-corrected chi connectivity index (χ3v) is 18.8. The Labute approximate surface area is 405 Å². The fourth-order valence-electron chi connectivity index (χ4n) is 12.1. The van der Waals surface area contributed by atoms with Gasteiger partial charge in [-0.1, -0.05) is 164 Å². The van der Waals surface area contributed by atoms with Crippen LogP contribution in [0.5, 0.6) is 0 Å². The average Bonchev–Trinajstić information content (AvgIpc) is 4.07. The van der Waals surface area contributed by atoms with Gasteiger partial charge in [0.05, 0.1) is 44.1 Å². The van der Waals surface area contributed by atoms with Gasteiger partial charge in [-0.3, -0.25) is 0 Å². The maximum atomic E-state index is 2.57. The standard InChI is InChI=1S/C66H43N3S/c1-4-20-45(21-5-1)70(46-22-6-2-7-23-46,47-24-8-3-9-25-47)48-39-41-64-58(43-48)56-33-19-31-54-52-29-12-16-36-61(52)68-63-40-38-44(67-59-34-14-10-26-49(59)50-27-11-15-35-60(50)67)42-57(63)55-32-18-30-53(65(55)68)51-28-13-17-37-62(51)69(64)66(54)56/h1-43H. The lowest BCUT2D eigenvalue weighted by Crippen LogP contribution is -2.05. The van der Waals surface area contributed by atoms with Crippen molar-refractivity contribution in [1.82, 2.24) is 13.4 Å². The summed E-state index contributed by atoms with van der Waals surface area (Å²) >= 11 is 0. The number of para-hydroxylation sites is 6. The summed E-state index contributed by atoms with van der Waals surface area (Å²) in [5.74, 6) is 0. The molecule has 4 heteroatoms. The van der Waals surface area contributed by atoms with Crippen LogP contribution >= 0.6 is 10.0 Å². The Balaban J connectivity index is 1.11. The molecule has 0 saturated carbocycles. The van der Waals surface area contributed by atoms with Crippen molar-refractivity contribution in [1.29, 1.82) is 0 Å². The van der Waals surface area contributed by atoms with Crippen molar-refractivity contribution >= 4 is 108 Å². The first kappa shape index (κ1) is 39.2. The van der Waals surface area contributed by atoms with Crippen molar-refractivity contribution in [2.45, 2.75) is 19.6 Å². The Morgan fingerprint density at radius 1 is 0.214 bits per heavy atom. The van der Waals surface area contributed by atoms with E-state index in [0.717, 1.165) is 16.7 Å². The second kappa shape index (κ2) is 15.1. The Bertz CT molecular complexity index is 4480. The van der Waals surface area contributed by atoms with E-state index in [-0.39, 0.29) is 0 Å². The van der Waals surface area contributed by atoms with Crippen LogP contribution in [0, 0.1) is 0 Å². The van der Waals surface area contributed by atoms with E-state index >= 15 is 0 Å². The molecule has 0 spiro atoms. The van der Waals surface area contributed by atoms with Gasteiger partial charge in [-0.2, -0.15) is 0 Å². The summed E-state index contributed by atoms with van der Waals surface area (Å²) in [5.41, 5.74) is 10.6. The van der Waals surface area contributed by atoms with Crippen molar-refractivity contribution in [3.63, 3.8) is 0 Å². The highest BCUT2D eigenvalue weighted by atomic mass is 32.3. The van der Waals surface area contributed by atoms with E-state index in [4.69, 9.17) is 0 Å². The van der Waals surface area contributed by atoms with E-state index < -0.39 is 10.0 Å². The summed E-state index contributed by atoms with van der Waals surface area (Å²) in [5, 5.41) is 12.2. The molecule has 0 bridgehead atoms. The molecule has 15 aromatic rings. The molecule has 0 fully saturated rings. The summed E-state index contributed by atoms with van der Waals surface area (Å²) < 4.78 is 7.55. The Morgan fingerprint density at radius 3 is 1.00 bits per heavy atom. The maximum absolute atomic E-state index is 2.57. The molecule has 0 aliphatic rings. The van der Waals surface area contributed by atoms with Crippen molar-refractivity contribution in [2.75, 3.05) is 0 Å². The molecule has 0 aliphatic carbocycles. The average molecular weight is 910 g/mol. The highest BCUT2D eigenvalue weighted by molar-refractivity contribution is 8.34. The first-order chi connectivity index (χ1) is 34.8. The van der Waals surface area contributed by atoms with E-state index in [1.807, 2.05) is 0 Å². The van der Waals surface area contributed by atoms with E-state index in [1.54, 1.807) is 0 Å². The highest BCUT2D eigenvalue weighted by Crippen LogP contribution is 2.73. The van der Waals surface area contributed by atoms with Crippen LogP contribution < -0.4 is 0 Å². The predicted octanol–water partition coefficient (Wildman–Crippen LogP) is 18.1. The summed E-state index contributed by atoms with van der Waals surface area (Å²) in [7, 11) is -1.93. The van der Waals surface area contributed by atoms with Crippen LogP contribution in [0.25, 0.3) is 104 Å². The molecule has 3 nitrogen and oxygen atoms in total. The number of hydrogen-bond acceptors (Lipinski definition) is 0. The fourth-order valence-corrected chi connectivity index (χ4v) is 15.9. The van der Waals surface area contributed by atoms with Crippen LogP contribution in [0.3, 0.4) is 0 Å². The molecule has 0 aliphatic heterocycles. The molecular weight excluding hydrogens is 867 g/mol. The van der Waals surface area contributed by atoms with Gasteiger partial charge >= 0.3 is 0 Å². The largest absolute Gasteiger partial charge is 0.309 e. The van der Waals surface area contributed by atoms with Gasteiger partial charge in [-0.05, 0) is 97.1 Å². The lowest BCUT2D eigenvalue weighted by molar-refractivity contribution is 1.18. The molecule has 4 aromatic heterocycles. The minimum Gasteiger partial charge on any atom is -0.309 e. The molecule has 0 N–H and O–H groups in total. The van der Waals surface area contributed by atoms with Crippen LogP contribution in [-0.4, -0.2) is 13.4 Å². The topological polar surface area (TPSA) is 13.8 Å². The lowest BCUT2D eigenvalue weighted by Gasteiger charge is -2.42. The first-order valence-corrected chi connectivity index (χ1v) is 25.7. The number of aromatic nitrogens is 3. The molecule has 328 valence electrons. The Morgan fingerprint density at radius 2 is 0.543 bits per heavy atom. The zero-order chi connectivity index (χ0) is 45.9. The highest BCUT2D eigenvalue weighted by Gasteiger charge is 2.34. The Hall–Kier alpha value is -8.83. The Kier molecular flexibility index (Phi) is 8.45. The molecule has 11 aromatic carbocycles. The lowest BCUT2D eigenvalue weighted by atomic mass is 10.1. The molecule has 0 atom stereocenters. The van der Waals surface area contributed by atoms with Gasteiger partial charge in [-0.25, -0.2) is 0 Å².